The van der Waals surface area contributed by atoms with Crippen molar-refractivity contribution >= 4 is 11.3 Å². The summed E-state index contributed by atoms with van der Waals surface area (Å²) in [5.74, 6) is 6.00. The number of ether oxygens (including phenoxy) is 1. The molecule has 98 valence electrons. The minimum atomic E-state index is 0.108. The second-order valence-electron chi connectivity index (χ2n) is 4.01. The Hall–Kier alpha value is -1.60. The van der Waals surface area contributed by atoms with Crippen molar-refractivity contribution in [2.75, 3.05) is 6.61 Å². The predicted molar refractivity (Wildman–Crippen MR) is 77.8 cm³/mol. The van der Waals surface area contributed by atoms with Gasteiger partial charge in [-0.3, -0.25) is 0 Å². The first-order valence-electron chi connectivity index (χ1n) is 6.18. The monoisotopic (exact) mass is 272 g/mol. The Morgan fingerprint density at radius 1 is 1.11 bits per heavy atom. The highest BCUT2D eigenvalue weighted by molar-refractivity contribution is 7.10. The summed E-state index contributed by atoms with van der Waals surface area (Å²) in [6, 6.07) is 12.1. The molecule has 2 nitrogen and oxygen atoms in total. The van der Waals surface area contributed by atoms with E-state index in [0.717, 1.165) is 10.4 Å². The fourth-order valence-corrected chi connectivity index (χ4v) is 2.38. The first-order chi connectivity index (χ1) is 9.40. The molecule has 1 N–H and O–H groups in total. The molecule has 2 aromatic rings. The van der Waals surface area contributed by atoms with Gasteiger partial charge in [-0.2, -0.15) is 0 Å². The third kappa shape index (κ3) is 4.53. The molecule has 0 saturated carbocycles. The van der Waals surface area contributed by atoms with Gasteiger partial charge >= 0.3 is 0 Å². The van der Waals surface area contributed by atoms with Crippen LogP contribution < -0.4 is 0 Å². The number of aliphatic hydroxyl groups is 1. The molecule has 0 radical (unpaired) electrons. The van der Waals surface area contributed by atoms with Gasteiger partial charge < -0.3 is 9.84 Å². The van der Waals surface area contributed by atoms with Crippen LogP contribution in [0.3, 0.4) is 0 Å². The average Bonchev–Trinajstić information content (AvgIpc) is 2.88. The summed E-state index contributed by atoms with van der Waals surface area (Å²) in [5.41, 5.74) is 2.18. The van der Waals surface area contributed by atoms with Crippen molar-refractivity contribution in [3.63, 3.8) is 0 Å². The normalized spacial score (nSPS) is 9.95. The zero-order valence-electron chi connectivity index (χ0n) is 10.6. The summed E-state index contributed by atoms with van der Waals surface area (Å²) in [6.07, 6.45) is 0.514. The van der Waals surface area contributed by atoms with Gasteiger partial charge in [0, 0.05) is 16.9 Å². The molecule has 0 aliphatic heterocycles. The molecule has 2 rings (SSSR count). The maximum Gasteiger partial charge on any atom is 0.0826 e. The van der Waals surface area contributed by atoms with Crippen LogP contribution in [0.15, 0.2) is 41.8 Å². The van der Waals surface area contributed by atoms with Gasteiger partial charge in [0.1, 0.15) is 0 Å². The van der Waals surface area contributed by atoms with Crippen molar-refractivity contribution in [1.82, 2.24) is 0 Å². The first kappa shape index (κ1) is 13.8. The Kier molecular flexibility index (Phi) is 5.64. The van der Waals surface area contributed by atoms with E-state index in [1.807, 2.05) is 29.6 Å². The zero-order chi connectivity index (χ0) is 13.3. The lowest BCUT2D eigenvalue weighted by Crippen LogP contribution is -1.93. The van der Waals surface area contributed by atoms with Gasteiger partial charge in [-0.25, -0.2) is 0 Å². The lowest BCUT2D eigenvalue weighted by Gasteiger charge is -2.03. The van der Waals surface area contributed by atoms with E-state index >= 15 is 0 Å². The zero-order valence-corrected chi connectivity index (χ0v) is 11.5. The van der Waals surface area contributed by atoms with Crippen molar-refractivity contribution in [2.24, 2.45) is 0 Å². The van der Waals surface area contributed by atoms with Gasteiger partial charge in [-0.15, -0.1) is 11.3 Å². The molecule has 0 amide bonds. The minimum Gasteiger partial charge on any atom is -0.395 e. The molecule has 0 aliphatic rings. The van der Waals surface area contributed by atoms with E-state index < -0.39 is 0 Å². The van der Waals surface area contributed by atoms with Crippen molar-refractivity contribution < 1.29 is 9.84 Å². The third-order valence-corrected chi connectivity index (χ3v) is 3.44. The van der Waals surface area contributed by atoms with Crippen LogP contribution in [0.25, 0.3) is 0 Å². The molecular weight excluding hydrogens is 256 g/mol. The lowest BCUT2D eigenvalue weighted by molar-refractivity contribution is 0.109. The van der Waals surface area contributed by atoms with E-state index in [1.54, 1.807) is 11.3 Å². The second kappa shape index (κ2) is 7.75. The summed E-state index contributed by atoms with van der Waals surface area (Å²) in [7, 11) is 0. The molecule has 0 saturated heterocycles. The predicted octanol–water partition coefficient (Wildman–Crippen LogP) is 3.20. The van der Waals surface area contributed by atoms with Crippen molar-refractivity contribution in [2.45, 2.75) is 19.6 Å². The maximum absolute atomic E-state index is 8.71. The van der Waals surface area contributed by atoms with Crippen LogP contribution in [-0.2, 0) is 18.0 Å². The summed E-state index contributed by atoms with van der Waals surface area (Å²) >= 11 is 1.65. The van der Waals surface area contributed by atoms with E-state index in [1.165, 1.54) is 5.56 Å². The van der Waals surface area contributed by atoms with Crippen LogP contribution in [0.2, 0.25) is 0 Å². The molecule has 0 spiro atoms. The number of hydrogen-bond acceptors (Lipinski definition) is 3. The highest BCUT2D eigenvalue weighted by Crippen LogP contribution is 2.17. The van der Waals surface area contributed by atoms with Crippen LogP contribution in [0, 0.1) is 11.8 Å². The highest BCUT2D eigenvalue weighted by Gasteiger charge is 2.02. The van der Waals surface area contributed by atoms with Crippen molar-refractivity contribution in [3.8, 4) is 11.8 Å². The molecule has 0 unspecified atom stereocenters. The van der Waals surface area contributed by atoms with Crippen molar-refractivity contribution in [1.29, 1.82) is 0 Å². The Labute approximate surface area is 117 Å². The van der Waals surface area contributed by atoms with E-state index in [0.29, 0.717) is 19.6 Å². The number of rotatable bonds is 5. The summed E-state index contributed by atoms with van der Waals surface area (Å²) in [4.78, 5) is 1.14. The fourth-order valence-electron chi connectivity index (χ4n) is 1.61. The lowest BCUT2D eigenvalue weighted by atomic mass is 10.2. The molecule has 0 bridgehead atoms. The number of aliphatic hydroxyl groups excluding tert-OH is 1. The Balaban J connectivity index is 1.87. The van der Waals surface area contributed by atoms with Gasteiger partial charge in [0.25, 0.3) is 0 Å². The van der Waals surface area contributed by atoms with Crippen LogP contribution >= 0.6 is 11.3 Å². The molecule has 1 heterocycles. The second-order valence-corrected chi connectivity index (χ2v) is 5.01. The van der Waals surface area contributed by atoms with Gasteiger partial charge in [-0.05, 0) is 17.0 Å². The standard InChI is InChI=1S/C16H16O2S/c17-10-5-4-8-15-9-11-19-16(15)13-18-12-14-6-2-1-3-7-14/h1-3,6-7,9,11,17H,5,10,12-13H2. The topological polar surface area (TPSA) is 29.5 Å². The molecule has 0 atom stereocenters. The Morgan fingerprint density at radius 3 is 2.74 bits per heavy atom. The largest absolute Gasteiger partial charge is 0.395 e. The first-order valence-corrected chi connectivity index (χ1v) is 7.06. The number of thiophene rings is 1. The van der Waals surface area contributed by atoms with Gasteiger partial charge in [0.2, 0.25) is 0 Å². The number of hydrogen-bond donors (Lipinski definition) is 1. The minimum absolute atomic E-state index is 0.108. The smallest absolute Gasteiger partial charge is 0.0826 e. The summed E-state index contributed by atoms with van der Waals surface area (Å²) in [5, 5.41) is 10.7. The van der Waals surface area contributed by atoms with E-state index in [2.05, 4.69) is 24.0 Å². The molecule has 1 aromatic carbocycles. The van der Waals surface area contributed by atoms with Crippen LogP contribution in [0.4, 0.5) is 0 Å². The summed E-state index contributed by atoms with van der Waals surface area (Å²) < 4.78 is 5.70. The Bertz CT molecular complexity index is 549. The fraction of sp³-hybridized carbons (Fsp3) is 0.250. The highest BCUT2D eigenvalue weighted by atomic mass is 32.1. The van der Waals surface area contributed by atoms with Crippen LogP contribution in [0.5, 0.6) is 0 Å². The van der Waals surface area contributed by atoms with Crippen LogP contribution in [0.1, 0.15) is 22.4 Å². The maximum atomic E-state index is 8.71. The quantitative estimate of drug-likeness (QED) is 0.847. The molecule has 1 aromatic heterocycles. The van der Waals surface area contributed by atoms with Gasteiger partial charge in [0.05, 0.1) is 19.8 Å². The summed E-state index contributed by atoms with van der Waals surface area (Å²) in [6.45, 7) is 1.30. The molecule has 3 heteroatoms. The van der Waals surface area contributed by atoms with Crippen molar-refractivity contribution in [3.05, 3.63) is 57.8 Å². The molecular formula is C16H16O2S. The number of benzene rings is 1. The molecule has 0 fully saturated rings. The van der Waals surface area contributed by atoms with E-state index in [-0.39, 0.29) is 6.61 Å². The van der Waals surface area contributed by atoms with E-state index in [4.69, 9.17) is 9.84 Å². The molecule has 0 aliphatic carbocycles. The third-order valence-electron chi connectivity index (χ3n) is 2.55. The average molecular weight is 272 g/mol. The van der Waals surface area contributed by atoms with Gasteiger partial charge in [-0.1, -0.05) is 42.2 Å². The van der Waals surface area contributed by atoms with Crippen LogP contribution in [-0.4, -0.2) is 11.7 Å². The van der Waals surface area contributed by atoms with E-state index in [9.17, 15) is 0 Å². The SMILES string of the molecule is OCCC#Cc1ccsc1COCc1ccccc1. The molecule has 19 heavy (non-hydrogen) atoms. The van der Waals surface area contributed by atoms with Gasteiger partial charge in [0.15, 0.2) is 0 Å². The Morgan fingerprint density at radius 2 is 1.95 bits per heavy atom.